The molecule has 0 unspecified atom stereocenters. The van der Waals surface area contributed by atoms with Gasteiger partial charge >= 0.3 is 10.2 Å². The second-order valence-electron chi connectivity index (χ2n) is 11.6. The lowest BCUT2D eigenvalue weighted by molar-refractivity contribution is -0.116. The molecule has 1 fully saturated rings. The number of piperazine rings is 1. The van der Waals surface area contributed by atoms with E-state index >= 15 is 0 Å². The topological polar surface area (TPSA) is 149 Å². The Kier molecular flexibility index (Phi) is 8.99. The van der Waals surface area contributed by atoms with Crippen LogP contribution in [0, 0.1) is 0 Å². The monoisotopic (exact) mass is 759 g/mol. The van der Waals surface area contributed by atoms with Crippen LogP contribution in [-0.4, -0.2) is 92.3 Å². The minimum Gasteiger partial charge on any atom is -0.493 e. The zero-order chi connectivity index (χ0) is 36.8. The van der Waals surface area contributed by atoms with Gasteiger partial charge in [0, 0.05) is 26.2 Å². The maximum Gasteiger partial charge on any atom is 0.310 e. The zero-order valence-corrected chi connectivity index (χ0v) is 28.7. The third-order valence-corrected chi connectivity index (χ3v) is 9.81. The Labute approximate surface area is 291 Å². The molecule has 274 valence electrons. The van der Waals surface area contributed by atoms with Gasteiger partial charge in [0.05, 0.1) is 42.9 Å². The number of amides is 2. The molecule has 1 N–H and O–H groups in total. The summed E-state index contributed by atoms with van der Waals surface area (Å²) in [5.41, 5.74) is 0.561. The molecule has 2 amide bonds. The molecule has 2 aliphatic heterocycles. The van der Waals surface area contributed by atoms with Crippen LogP contribution in [0.2, 0.25) is 5.02 Å². The third-order valence-electron chi connectivity index (χ3n) is 8.36. The van der Waals surface area contributed by atoms with Crippen LogP contribution in [0.4, 0.5) is 30.8 Å². The van der Waals surface area contributed by atoms with Gasteiger partial charge in [-0.15, -0.1) is 5.10 Å². The molecule has 0 saturated carbocycles. The number of hydrogen-bond acceptors (Lipinski definition) is 10. The predicted molar refractivity (Wildman–Crippen MR) is 178 cm³/mol. The standard InChI is InChI=1S/C30H31ClF5N9O5S/c1-3-22-26(42-8-10-43(11-9-42)28(47)25-23(49-2)15-37-17-38-25)29(48)45-30(40-27(41-45)18-6-12-50-13-7-18)44(22)16-24(46)39-21-5-4-19(14-20(21)31)51(32,33,34,35)36/h4-6,14-15,17H,3,7-13,16H2,1-2H3,(H,39,46). The first-order valence-electron chi connectivity index (χ1n) is 15.5. The van der Waals surface area contributed by atoms with Crippen molar-refractivity contribution in [1.82, 2.24) is 34.0 Å². The van der Waals surface area contributed by atoms with E-state index in [1.54, 1.807) is 22.8 Å². The van der Waals surface area contributed by atoms with Gasteiger partial charge in [-0.3, -0.25) is 14.4 Å². The Balaban J connectivity index is 1.35. The van der Waals surface area contributed by atoms with Crippen molar-refractivity contribution in [1.29, 1.82) is 0 Å². The lowest BCUT2D eigenvalue weighted by atomic mass is 10.1. The van der Waals surface area contributed by atoms with Gasteiger partial charge in [0.1, 0.15) is 23.5 Å². The van der Waals surface area contributed by atoms with Crippen LogP contribution in [0.3, 0.4) is 0 Å². The number of nitrogens with zero attached hydrogens (tertiary/aromatic N) is 8. The maximum absolute atomic E-state index is 14.1. The summed E-state index contributed by atoms with van der Waals surface area (Å²) in [6.07, 6.45) is 5.10. The first kappa shape index (κ1) is 36.0. The van der Waals surface area contributed by atoms with E-state index in [-0.39, 0.29) is 85.1 Å². The number of ether oxygens (including phenoxy) is 2. The molecule has 21 heteroatoms. The molecular weight excluding hydrogens is 729 g/mol. The number of nitrogens with one attached hydrogen (secondary N) is 1. The second-order valence-corrected chi connectivity index (χ2v) is 14.4. The normalized spacial score (nSPS) is 16.7. The summed E-state index contributed by atoms with van der Waals surface area (Å²) in [7, 11) is -8.62. The molecule has 14 nitrogen and oxygen atoms in total. The Hall–Kier alpha value is -4.82. The van der Waals surface area contributed by atoms with Crippen LogP contribution in [0.5, 0.6) is 5.75 Å². The highest BCUT2D eigenvalue weighted by Crippen LogP contribution is 3.02. The second kappa shape index (κ2) is 12.7. The molecule has 1 saturated heterocycles. The van der Waals surface area contributed by atoms with Crippen molar-refractivity contribution in [3.63, 3.8) is 0 Å². The lowest BCUT2D eigenvalue weighted by Gasteiger charge is -2.40. The van der Waals surface area contributed by atoms with Gasteiger partial charge in [-0.25, -0.2) is 9.97 Å². The smallest absolute Gasteiger partial charge is 0.310 e. The van der Waals surface area contributed by atoms with Gasteiger partial charge in [0.25, 0.3) is 11.5 Å². The molecule has 0 atom stereocenters. The Morgan fingerprint density at radius 3 is 2.49 bits per heavy atom. The van der Waals surface area contributed by atoms with Crippen LogP contribution in [0.1, 0.15) is 35.4 Å². The molecule has 6 rings (SSSR count). The molecular formula is C30H31ClF5N9O5S. The van der Waals surface area contributed by atoms with Gasteiger partial charge in [-0.1, -0.05) is 44.0 Å². The average Bonchev–Trinajstić information content (AvgIpc) is 3.55. The molecule has 0 bridgehead atoms. The molecule has 0 spiro atoms. The minimum absolute atomic E-state index is 0.0187. The van der Waals surface area contributed by atoms with Gasteiger partial charge in [0.15, 0.2) is 17.3 Å². The van der Waals surface area contributed by atoms with Crippen molar-refractivity contribution in [3.05, 3.63) is 69.4 Å². The Morgan fingerprint density at radius 2 is 1.86 bits per heavy atom. The van der Waals surface area contributed by atoms with Crippen LogP contribution < -0.4 is 20.5 Å². The number of methoxy groups -OCH3 is 1. The first-order valence-corrected chi connectivity index (χ1v) is 17.8. The minimum atomic E-state index is -10.0. The van der Waals surface area contributed by atoms with Crippen molar-refractivity contribution in [3.8, 4) is 5.75 Å². The van der Waals surface area contributed by atoms with Crippen LogP contribution in [0.25, 0.3) is 11.4 Å². The van der Waals surface area contributed by atoms with Crippen molar-refractivity contribution in [2.24, 2.45) is 0 Å². The number of benzene rings is 1. The van der Waals surface area contributed by atoms with E-state index in [4.69, 9.17) is 21.1 Å². The van der Waals surface area contributed by atoms with Gasteiger partial charge < -0.3 is 29.2 Å². The van der Waals surface area contributed by atoms with Crippen molar-refractivity contribution in [2.75, 3.05) is 56.7 Å². The number of aromatic nitrogens is 6. The Morgan fingerprint density at radius 1 is 1.12 bits per heavy atom. The van der Waals surface area contributed by atoms with E-state index in [1.165, 1.54) is 24.2 Å². The number of rotatable bonds is 9. The van der Waals surface area contributed by atoms with E-state index in [1.807, 2.05) is 0 Å². The van der Waals surface area contributed by atoms with Crippen LogP contribution in [-0.2, 0) is 22.5 Å². The highest BCUT2D eigenvalue weighted by atomic mass is 35.5. The molecule has 4 aromatic rings. The molecule has 0 radical (unpaired) electrons. The summed E-state index contributed by atoms with van der Waals surface area (Å²) in [6, 6.07) is 0.850. The quantitative estimate of drug-likeness (QED) is 0.232. The molecule has 5 heterocycles. The van der Waals surface area contributed by atoms with E-state index < -0.39 is 38.2 Å². The fraction of sp³-hybridized carbons (Fsp3) is 0.367. The maximum atomic E-state index is 14.1. The summed E-state index contributed by atoms with van der Waals surface area (Å²) in [4.78, 5) is 54.5. The van der Waals surface area contributed by atoms with E-state index in [0.29, 0.717) is 31.4 Å². The van der Waals surface area contributed by atoms with E-state index in [0.717, 1.165) is 10.1 Å². The summed E-state index contributed by atoms with van der Waals surface area (Å²) in [5.74, 6) is -0.708. The predicted octanol–water partition coefficient (Wildman–Crippen LogP) is 4.97. The summed E-state index contributed by atoms with van der Waals surface area (Å²) >= 11 is 5.92. The highest BCUT2D eigenvalue weighted by Gasteiger charge is 2.65. The molecule has 2 aliphatic rings. The van der Waals surface area contributed by atoms with Gasteiger partial charge in [-0.2, -0.15) is 9.50 Å². The van der Waals surface area contributed by atoms with Crippen LogP contribution in [0.15, 0.2) is 46.5 Å². The summed E-state index contributed by atoms with van der Waals surface area (Å²) < 4.78 is 79.8. The lowest BCUT2D eigenvalue weighted by Crippen LogP contribution is -2.51. The van der Waals surface area contributed by atoms with E-state index in [9.17, 15) is 33.8 Å². The zero-order valence-electron chi connectivity index (χ0n) is 27.1. The van der Waals surface area contributed by atoms with Gasteiger partial charge in [-0.05, 0) is 36.6 Å². The largest absolute Gasteiger partial charge is 0.493 e. The van der Waals surface area contributed by atoms with Crippen molar-refractivity contribution < 1.29 is 38.5 Å². The summed E-state index contributed by atoms with van der Waals surface area (Å²) in [6.45, 7) is 2.82. The number of carbonyl (C=O) groups excluding carboxylic acids is 2. The number of fused-ring (bicyclic) bond motifs is 1. The van der Waals surface area contributed by atoms with Crippen molar-refractivity contribution in [2.45, 2.75) is 31.2 Å². The first-order chi connectivity index (χ1) is 24.0. The number of carbonyl (C=O) groups is 2. The number of hydrogen-bond donors (Lipinski definition) is 1. The molecule has 51 heavy (non-hydrogen) atoms. The molecule has 3 aromatic heterocycles. The fourth-order valence-corrected chi connectivity index (χ4v) is 6.83. The third kappa shape index (κ3) is 7.33. The van der Waals surface area contributed by atoms with Gasteiger partial charge in [0.2, 0.25) is 11.7 Å². The SMILES string of the molecule is CCc1c(N2CCN(C(=O)c3ncncc3OC)CC2)c(=O)n2nc(C3=CCOCC3)nc2n1CC(=O)Nc1ccc(S(F)(F)(F)(F)F)cc1Cl. The molecule has 0 aliphatic carbocycles. The number of halogens is 6. The fourth-order valence-electron chi connectivity index (χ4n) is 5.88. The Bertz CT molecular complexity index is 2140. The average molecular weight is 760 g/mol. The molecule has 1 aromatic carbocycles. The van der Waals surface area contributed by atoms with E-state index in [2.05, 4.69) is 25.4 Å². The summed E-state index contributed by atoms with van der Waals surface area (Å²) in [5, 5.41) is 6.10. The number of anilines is 2. The van der Waals surface area contributed by atoms with Crippen LogP contribution >= 0.6 is 21.8 Å². The van der Waals surface area contributed by atoms with Crippen molar-refractivity contribution >= 4 is 56.4 Å². The highest BCUT2D eigenvalue weighted by molar-refractivity contribution is 8.45.